The number of hydrogen-bond acceptors (Lipinski definition) is 4. The van der Waals surface area contributed by atoms with Gasteiger partial charge in [0.25, 0.3) is 0 Å². The van der Waals surface area contributed by atoms with E-state index in [1.54, 1.807) is 31.4 Å². The third-order valence-corrected chi connectivity index (χ3v) is 6.92. The minimum absolute atomic E-state index is 0.198. The molecular weight excluding hydrogens is 470 g/mol. The van der Waals surface area contributed by atoms with E-state index < -0.39 is 17.7 Å². The molecule has 1 saturated heterocycles. The molecule has 1 amide bonds. The maximum atomic E-state index is 13.8. The van der Waals surface area contributed by atoms with Crippen molar-refractivity contribution in [2.45, 2.75) is 25.6 Å². The number of hydrogen-bond donors (Lipinski definition) is 2. The molecule has 2 N–H and O–H groups in total. The smallest absolute Gasteiger partial charge is 0.236 e. The van der Waals surface area contributed by atoms with Crippen LogP contribution in [0.15, 0.2) is 66.7 Å². The second-order valence-corrected chi connectivity index (χ2v) is 9.43. The molecule has 5 rings (SSSR count). The molecular formula is C26H24ClN3O3S. The van der Waals surface area contributed by atoms with Crippen LogP contribution in [-0.4, -0.2) is 23.9 Å². The Morgan fingerprint density at radius 2 is 1.91 bits per heavy atom. The van der Waals surface area contributed by atoms with Crippen LogP contribution < -0.4 is 25.0 Å². The highest BCUT2D eigenvalue weighted by atomic mass is 35.5. The fourth-order valence-electron chi connectivity index (χ4n) is 4.84. The largest absolute Gasteiger partial charge is 0.493 e. The number of amides is 1. The van der Waals surface area contributed by atoms with Crippen LogP contribution in [0.3, 0.4) is 0 Å². The lowest BCUT2D eigenvalue weighted by Gasteiger charge is -2.56. The first-order chi connectivity index (χ1) is 16.3. The van der Waals surface area contributed by atoms with Crippen molar-refractivity contribution in [3.05, 3.63) is 82.9 Å². The van der Waals surface area contributed by atoms with Crippen LogP contribution >= 0.6 is 23.8 Å². The Labute approximate surface area is 208 Å². The molecule has 8 heteroatoms. The number of nitrogens with one attached hydrogen (secondary N) is 2. The van der Waals surface area contributed by atoms with Crippen molar-refractivity contribution in [1.29, 1.82) is 0 Å². The lowest BCUT2D eigenvalue weighted by Crippen LogP contribution is -2.72. The van der Waals surface area contributed by atoms with Gasteiger partial charge in [-0.15, -0.1) is 0 Å². The van der Waals surface area contributed by atoms with E-state index in [9.17, 15) is 4.79 Å². The summed E-state index contributed by atoms with van der Waals surface area (Å²) in [7, 11) is 1.60. The highest BCUT2D eigenvalue weighted by Crippen LogP contribution is 2.52. The van der Waals surface area contributed by atoms with Gasteiger partial charge in [-0.25, -0.2) is 0 Å². The van der Waals surface area contributed by atoms with Crippen LogP contribution in [0.4, 0.5) is 11.4 Å². The van der Waals surface area contributed by atoms with Crippen LogP contribution in [0.25, 0.3) is 0 Å². The van der Waals surface area contributed by atoms with Crippen molar-refractivity contribution in [2.24, 2.45) is 5.92 Å². The molecule has 0 aromatic heterocycles. The van der Waals surface area contributed by atoms with Gasteiger partial charge in [0, 0.05) is 22.0 Å². The number of fused-ring (bicyclic) bond motifs is 4. The van der Waals surface area contributed by atoms with Gasteiger partial charge in [-0.3, -0.25) is 9.69 Å². The van der Waals surface area contributed by atoms with Gasteiger partial charge in [-0.1, -0.05) is 35.9 Å². The molecule has 174 valence electrons. The molecule has 2 heterocycles. The zero-order chi connectivity index (χ0) is 24.0. The van der Waals surface area contributed by atoms with Gasteiger partial charge in [0.05, 0.1) is 13.2 Å². The van der Waals surface area contributed by atoms with Crippen molar-refractivity contribution in [1.82, 2.24) is 5.32 Å². The second-order valence-electron chi connectivity index (χ2n) is 8.61. The summed E-state index contributed by atoms with van der Waals surface area (Å²) in [5.74, 6) is 0.357. The third kappa shape index (κ3) is 3.65. The molecule has 0 spiro atoms. The highest BCUT2D eigenvalue weighted by molar-refractivity contribution is 7.80. The molecule has 3 aromatic carbocycles. The van der Waals surface area contributed by atoms with E-state index in [-0.39, 0.29) is 5.91 Å². The number of halogens is 1. The molecule has 0 saturated carbocycles. The average Bonchev–Trinajstić information content (AvgIpc) is 2.79. The van der Waals surface area contributed by atoms with Gasteiger partial charge in [-0.2, -0.15) is 0 Å². The minimum Gasteiger partial charge on any atom is -0.493 e. The number of nitrogens with zero attached hydrogens (tertiary/aromatic N) is 1. The summed E-state index contributed by atoms with van der Waals surface area (Å²) >= 11 is 11.8. The van der Waals surface area contributed by atoms with Crippen molar-refractivity contribution < 1.29 is 14.3 Å². The Morgan fingerprint density at radius 1 is 1.18 bits per heavy atom. The van der Waals surface area contributed by atoms with E-state index in [1.165, 1.54) is 0 Å². The molecule has 2 aliphatic heterocycles. The van der Waals surface area contributed by atoms with Crippen LogP contribution in [-0.2, 0) is 4.79 Å². The summed E-state index contributed by atoms with van der Waals surface area (Å²) in [5, 5.41) is 7.53. The maximum absolute atomic E-state index is 13.8. The molecule has 3 aromatic rings. The number of anilines is 2. The van der Waals surface area contributed by atoms with E-state index in [0.717, 1.165) is 16.8 Å². The molecule has 34 heavy (non-hydrogen) atoms. The Balaban J connectivity index is 1.65. The number of benzene rings is 3. The van der Waals surface area contributed by atoms with Crippen LogP contribution in [0.2, 0.25) is 5.02 Å². The van der Waals surface area contributed by atoms with Gasteiger partial charge >= 0.3 is 0 Å². The van der Waals surface area contributed by atoms with Crippen LogP contribution in [0.5, 0.6) is 11.5 Å². The normalized spacial score (nSPS) is 22.8. The van der Waals surface area contributed by atoms with Gasteiger partial charge in [-0.05, 0) is 74.1 Å². The summed E-state index contributed by atoms with van der Waals surface area (Å²) in [5.41, 5.74) is 2.25. The number of methoxy groups -OCH3 is 1. The lowest BCUT2D eigenvalue weighted by atomic mass is 9.78. The predicted octanol–water partition coefficient (Wildman–Crippen LogP) is 5.46. The van der Waals surface area contributed by atoms with E-state index in [0.29, 0.717) is 27.3 Å². The standard InChI is InChI=1S/C26H24ClN3O3S/c1-15-6-4-7-18(14-15)30-25(34)29-22-19-8-5-9-20(32-3)23(19)33-26(30,2)21(22)24(31)28-17-12-10-16(27)11-13-17/h4-14,21-22H,1-3H3,(H,28,31)(H,29,34)/t21-,22-,26-/m0/s1. The number of carbonyl (C=O) groups is 1. The van der Waals surface area contributed by atoms with Crippen LogP contribution in [0.1, 0.15) is 24.1 Å². The molecule has 0 radical (unpaired) electrons. The number of aryl methyl sites for hydroxylation is 1. The summed E-state index contributed by atoms with van der Waals surface area (Å²) < 4.78 is 12.3. The van der Waals surface area contributed by atoms with Gasteiger partial charge in [0.1, 0.15) is 5.92 Å². The van der Waals surface area contributed by atoms with E-state index >= 15 is 0 Å². The number of para-hydroxylation sites is 1. The fraction of sp³-hybridized carbons (Fsp3) is 0.231. The zero-order valence-corrected chi connectivity index (χ0v) is 20.5. The Hall–Kier alpha value is -3.29. The molecule has 6 nitrogen and oxygen atoms in total. The van der Waals surface area contributed by atoms with E-state index in [4.69, 9.17) is 33.3 Å². The monoisotopic (exact) mass is 493 g/mol. The summed E-state index contributed by atoms with van der Waals surface area (Å²) in [4.78, 5) is 15.7. The topological polar surface area (TPSA) is 62.8 Å². The summed E-state index contributed by atoms with van der Waals surface area (Å²) in [6, 6.07) is 20.2. The molecule has 0 aliphatic carbocycles. The zero-order valence-electron chi connectivity index (χ0n) is 19.0. The van der Waals surface area contributed by atoms with Crippen molar-refractivity contribution in [3.8, 4) is 11.5 Å². The third-order valence-electron chi connectivity index (χ3n) is 6.36. The quantitative estimate of drug-likeness (QED) is 0.471. The first kappa shape index (κ1) is 22.5. The Bertz CT molecular complexity index is 1280. The molecule has 3 atom stereocenters. The highest BCUT2D eigenvalue weighted by Gasteiger charge is 2.59. The first-order valence-corrected chi connectivity index (χ1v) is 11.7. The summed E-state index contributed by atoms with van der Waals surface area (Å²) in [6.07, 6.45) is 0. The van der Waals surface area contributed by atoms with Gasteiger partial charge < -0.3 is 20.1 Å². The predicted molar refractivity (Wildman–Crippen MR) is 138 cm³/mol. The summed E-state index contributed by atoms with van der Waals surface area (Å²) in [6.45, 7) is 3.91. The van der Waals surface area contributed by atoms with Crippen molar-refractivity contribution >= 4 is 46.2 Å². The van der Waals surface area contributed by atoms with Gasteiger partial charge in [0.2, 0.25) is 5.91 Å². The number of ether oxygens (including phenoxy) is 2. The molecule has 1 fully saturated rings. The molecule has 0 unspecified atom stereocenters. The Kier molecular flexibility index (Phi) is 5.62. The van der Waals surface area contributed by atoms with E-state index in [1.807, 2.05) is 61.2 Å². The van der Waals surface area contributed by atoms with Crippen molar-refractivity contribution in [3.63, 3.8) is 0 Å². The van der Waals surface area contributed by atoms with Gasteiger partial charge in [0.15, 0.2) is 22.3 Å². The van der Waals surface area contributed by atoms with Crippen molar-refractivity contribution in [2.75, 3.05) is 17.3 Å². The molecule has 2 bridgehead atoms. The fourth-order valence-corrected chi connectivity index (χ4v) is 5.38. The maximum Gasteiger partial charge on any atom is 0.236 e. The second kappa shape index (κ2) is 8.49. The minimum atomic E-state index is -1.13. The molecule has 2 aliphatic rings. The first-order valence-electron chi connectivity index (χ1n) is 10.9. The van der Waals surface area contributed by atoms with E-state index in [2.05, 4.69) is 10.6 Å². The number of rotatable bonds is 4. The lowest BCUT2D eigenvalue weighted by molar-refractivity contribution is -0.130. The SMILES string of the molecule is COc1cccc2c1O[C@@]1(C)[C@H](C(=O)Nc3ccc(Cl)cc3)[C@H]2NC(=S)N1c1cccc(C)c1. The Morgan fingerprint density at radius 3 is 2.62 bits per heavy atom. The number of thiocarbonyl (C=S) groups is 1. The average molecular weight is 494 g/mol. The number of carbonyl (C=O) groups excluding carboxylic acids is 1. The van der Waals surface area contributed by atoms with Crippen LogP contribution in [0, 0.1) is 12.8 Å².